The third kappa shape index (κ3) is 3.22. The molecule has 0 amide bonds. The minimum atomic E-state index is -3.59. The number of likely N-dealkylation sites (tertiary alicyclic amines) is 1. The van der Waals surface area contributed by atoms with Gasteiger partial charge in [-0.05, 0) is 25.9 Å². The van der Waals surface area contributed by atoms with Crippen LogP contribution in [-0.4, -0.2) is 49.9 Å². The Balaban J connectivity index is 2.48. The molecule has 0 radical (unpaired) electrons. The minimum Gasteiger partial charge on any atom is -0.395 e. The minimum absolute atomic E-state index is 0.356. The van der Waals surface area contributed by atoms with Crippen molar-refractivity contribution >= 4 is 10.0 Å². The molecule has 0 bridgehead atoms. The number of rotatable bonds is 4. The van der Waals surface area contributed by atoms with E-state index in [1.807, 2.05) is 4.90 Å². The summed E-state index contributed by atoms with van der Waals surface area (Å²) < 4.78 is 21.9. The summed E-state index contributed by atoms with van der Waals surface area (Å²) >= 11 is 0. The molecule has 0 spiro atoms. The molecule has 78 valence electrons. The topological polar surface area (TPSA) is 83.6 Å². The number of hydrogen-bond acceptors (Lipinski definition) is 4. The van der Waals surface area contributed by atoms with Gasteiger partial charge in [-0.25, -0.2) is 13.6 Å². The maximum Gasteiger partial charge on any atom is 0.215 e. The van der Waals surface area contributed by atoms with E-state index in [2.05, 4.69) is 0 Å². The zero-order chi connectivity index (χ0) is 9.90. The highest BCUT2D eigenvalue weighted by Crippen LogP contribution is 2.09. The Morgan fingerprint density at radius 1 is 1.38 bits per heavy atom. The van der Waals surface area contributed by atoms with Crippen molar-refractivity contribution in [3.05, 3.63) is 0 Å². The second kappa shape index (κ2) is 4.36. The number of nitrogens with two attached hydrogens (primary N) is 1. The third-order valence-corrected chi connectivity index (χ3v) is 3.56. The zero-order valence-electron chi connectivity index (χ0n) is 7.52. The molecule has 1 aliphatic rings. The van der Waals surface area contributed by atoms with Crippen molar-refractivity contribution < 1.29 is 13.5 Å². The molecule has 1 saturated heterocycles. The highest BCUT2D eigenvalue weighted by Gasteiger charge is 2.24. The normalized spacial score (nSPS) is 22.0. The fourth-order valence-electron chi connectivity index (χ4n) is 1.52. The van der Waals surface area contributed by atoms with Gasteiger partial charge in [0.05, 0.1) is 6.61 Å². The van der Waals surface area contributed by atoms with Gasteiger partial charge < -0.3 is 10.0 Å². The largest absolute Gasteiger partial charge is 0.395 e. The van der Waals surface area contributed by atoms with Crippen molar-refractivity contribution in [2.45, 2.75) is 18.1 Å². The van der Waals surface area contributed by atoms with Gasteiger partial charge in [0.15, 0.2) is 0 Å². The lowest BCUT2D eigenvalue weighted by atomic mass is 10.4. The van der Waals surface area contributed by atoms with Crippen LogP contribution in [0.1, 0.15) is 12.8 Å². The van der Waals surface area contributed by atoms with Crippen LogP contribution in [0.5, 0.6) is 0 Å². The van der Waals surface area contributed by atoms with Crippen LogP contribution in [0.2, 0.25) is 0 Å². The number of sulfonamides is 1. The predicted octanol–water partition coefficient (Wildman–Crippen LogP) is -1.27. The second-order valence-corrected chi connectivity index (χ2v) is 5.25. The number of aliphatic hydroxyl groups is 1. The summed E-state index contributed by atoms with van der Waals surface area (Å²) in [6, 6.07) is 0. The van der Waals surface area contributed by atoms with Crippen molar-refractivity contribution in [1.82, 2.24) is 4.90 Å². The van der Waals surface area contributed by atoms with E-state index in [0.29, 0.717) is 6.54 Å². The van der Waals surface area contributed by atoms with Crippen molar-refractivity contribution in [3.8, 4) is 0 Å². The Morgan fingerprint density at radius 2 is 1.92 bits per heavy atom. The van der Waals surface area contributed by atoms with Crippen LogP contribution in [-0.2, 0) is 10.0 Å². The van der Waals surface area contributed by atoms with E-state index in [0.717, 1.165) is 25.9 Å². The van der Waals surface area contributed by atoms with Gasteiger partial charge in [0, 0.05) is 6.54 Å². The molecule has 0 unspecified atom stereocenters. The van der Waals surface area contributed by atoms with Gasteiger partial charge in [0.2, 0.25) is 10.0 Å². The molecule has 0 aromatic heterocycles. The maximum absolute atomic E-state index is 10.9. The van der Waals surface area contributed by atoms with Crippen LogP contribution in [0.25, 0.3) is 0 Å². The average molecular weight is 208 g/mol. The smallest absolute Gasteiger partial charge is 0.215 e. The van der Waals surface area contributed by atoms with E-state index < -0.39 is 21.9 Å². The molecule has 0 aliphatic carbocycles. The fraction of sp³-hybridized carbons (Fsp3) is 1.00. The van der Waals surface area contributed by atoms with E-state index in [4.69, 9.17) is 10.2 Å². The fourth-order valence-corrected chi connectivity index (χ4v) is 2.15. The molecule has 1 rings (SSSR count). The van der Waals surface area contributed by atoms with Crippen LogP contribution < -0.4 is 5.14 Å². The van der Waals surface area contributed by atoms with E-state index >= 15 is 0 Å². The first-order chi connectivity index (χ1) is 6.04. The third-order valence-electron chi connectivity index (χ3n) is 2.33. The van der Waals surface area contributed by atoms with Crippen molar-refractivity contribution in [2.24, 2.45) is 5.14 Å². The molecule has 1 fully saturated rings. The van der Waals surface area contributed by atoms with E-state index in [1.165, 1.54) is 0 Å². The summed E-state index contributed by atoms with van der Waals surface area (Å²) in [7, 11) is -3.59. The molecule has 1 atom stereocenters. The lowest BCUT2D eigenvalue weighted by Gasteiger charge is -2.19. The standard InChI is InChI=1S/C7H16N2O3S/c8-13(11,12)7(6-10)5-9-3-1-2-4-9/h7,10H,1-6H2,(H2,8,11,12)/t7-/m1/s1. The SMILES string of the molecule is NS(=O)(=O)[C@@H](CO)CN1CCCC1. The van der Waals surface area contributed by atoms with Crippen molar-refractivity contribution in [2.75, 3.05) is 26.2 Å². The number of primary sulfonamides is 1. The second-order valence-electron chi connectivity index (χ2n) is 3.40. The molecule has 0 aromatic rings. The van der Waals surface area contributed by atoms with Gasteiger partial charge in [-0.15, -0.1) is 0 Å². The first-order valence-corrected chi connectivity index (χ1v) is 6.00. The van der Waals surface area contributed by atoms with E-state index in [-0.39, 0.29) is 0 Å². The molecule has 5 nitrogen and oxygen atoms in total. The predicted molar refractivity (Wildman–Crippen MR) is 49.7 cm³/mol. The van der Waals surface area contributed by atoms with Gasteiger partial charge in [-0.3, -0.25) is 0 Å². The number of hydrogen-bond donors (Lipinski definition) is 2. The zero-order valence-corrected chi connectivity index (χ0v) is 8.33. The molecular weight excluding hydrogens is 192 g/mol. The Morgan fingerprint density at radius 3 is 2.31 bits per heavy atom. The molecule has 3 N–H and O–H groups in total. The molecule has 6 heteroatoms. The monoisotopic (exact) mass is 208 g/mol. The number of nitrogens with zero attached hydrogens (tertiary/aromatic N) is 1. The lowest BCUT2D eigenvalue weighted by Crippen LogP contribution is -2.41. The summed E-state index contributed by atoms with van der Waals surface area (Å²) in [5.74, 6) is 0. The summed E-state index contributed by atoms with van der Waals surface area (Å²) in [5.41, 5.74) is 0. The van der Waals surface area contributed by atoms with Crippen LogP contribution >= 0.6 is 0 Å². The molecule has 0 aromatic carbocycles. The molecule has 1 heterocycles. The van der Waals surface area contributed by atoms with Gasteiger partial charge in [-0.2, -0.15) is 0 Å². The average Bonchev–Trinajstić information content (AvgIpc) is 2.49. The van der Waals surface area contributed by atoms with Crippen molar-refractivity contribution in [1.29, 1.82) is 0 Å². The van der Waals surface area contributed by atoms with Gasteiger partial charge in [-0.1, -0.05) is 0 Å². The highest BCUT2D eigenvalue weighted by atomic mass is 32.2. The lowest BCUT2D eigenvalue weighted by molar-refractivity contribution is 0.249. The Bertz CT molecular complexity index is 246. The summed E-state index contributed by atoms with van der Waals surface area (Å²) in [6.07, 6.45) is 2.20. The van der Waals surface area contributed by atoms with Crippen LogP contribution in [0.3, 0.4) is 0 Å². The molecule has 0 saturated carbocycles. The Hall–Kier alpha value is -0.170. The molecular formula is C7H16N2O3S. The van der Waals surface area contributed by atoms with Crippen LogP contribution in [0.15, 0.2) is 0 Å². The van der Waals surface area contributed by atoms with Gasteiger partial charge >= 0.3 is 0 Å². The first kappa shape index (κ1) is 10.9. The quantitative estimate of drug-likeness (QED) is 0.603. The van der Waals surface area contributed by atoms with Crippen molar-refractivity contribution in [3.63, 3.8) is 0 Å². The van der Waals surface area contributed by atoms with E-state index in [9.17, 15) is 8.42 Å². The first-order valence-electron chi connectivity index (χ1n) is 4.39. The molecule has 13 heavy (non-hydrogen) atoms. The van der Waals surface area contributed by atoms with Crippen LogP contribution in [0.4, 0.5) is 0 Å². The van der Waals surface area contributed by atoms with E-state index in [1.54, 1.807) is 0 Å². The summed E-state index contributed by atoms with van der Waals surface area (Å²) in [5, 5.41) is 13.0. The summed E-state index contributed by atoms with van der Waals surface area (Å²) in [6.45, 7) is 1.78. The van der Waals surface area contributed by atoms with Gasteiger partial charge in [0.25, 0.3) is 0 Å². The maximum atomic E-state index is 10.9. The summed E-state index contributed by atoms with van der Waals surface area (Å²) in [4.78, 5) is 2.02. The van der Waals surface area contributed by atoms with Gasteiger partial charge in [0.1, 0.15) is 5.25 Å². The molecule has 1 aliphatic heterocycles. The highest BCUT2D eigenvalue weighted by molar-refractivity contribution is 7.89. The number of aliphatic hydroxyl groups excluding tert-OH is 1. The Kier molecular flexibility index (Phi) is 3.66. The van der Waals surface area contributed by atoms with Crippen LogP contribution in [0, 0.1) is 0 Å². The Labute approximate surface area is 78.6 Å².